The first-order valence-electron chi connectivity index (χ1n) is 2.58. The van der Waals surface area contributed by atoms with Crippen LogP contribution in [0.4, 0.5) is 0 Å². The van der Waals surface area contributed by atoms with Gasteiger partial charge in [-0.3, -0.25) is 0 Å². The summed E-state index contributed by atoms with van der Waals surface area (Å²) in [7, 11) is -2.97. The molecule has 0 radical (unpaired) electrons. The molecule has 2 atom stereocenters. The van der Waals surface area contributed by atoms with Crippen molar-refractivity contribution in [2.75, 3.05) is 11.5 Å². The number of aliphatic hydroxyl groups excluding tert-OH is 1. The predicted octanol–water partition coefficient (Wildman–Crippen LogP) is -0.926. The number of hydrogen-bond acceptors (Lipinski definition) is 4. The van der Waals surface area contributed by atoms with Crippen molar-refractivity contribution in [1.82, 2.24) is 0 Å². The van der Waals surface area contributed by atoms with E-state index < -0.39 is 15.9 Å². The number of thiol groups is 1. The number of sulfone groups is 1. The van der Waals surface area contributed by atoms with Crippen molar-refractivity contribution < 1.29 is 13.5 Å². The molecule has 0 bridgehead atoms. The van der Waals surface area contributed by atoms with Gasteiger partial charge in [0.25, 0.3) is 0 Å². The topological polar surface area (TPSA) is 54.4 Å². The van der Waals surface area contributed by atoms with E-state index in [9.17, 15) is 8.42 Å². The second-order valence-corrected chi connectivity index (χ2v) is 5.03. The van der Waals surface area contributed by atoms with Crippen molar-refractivity contribution in [2.24, 2.45) is 0 Å². The molecule has 1 heterocycles. The molecular formula is C4H8O3S2. The summed E-state index contributed by atoms with van der Waals surface area (Å²) in [6.45, 7) is 0. The highest BCUT2D eigenvalue weighted by molar-refractivity contribution is 7.93. The molecule has 5 heteroatoms. The van der Waals surface area contributed by atoms with Crippen LogP contribution < -0.4 is 0 Å². The second-order valence-electron chi connectivity index (χ2n) is 2.21. The Kier molecular flexibility index (Phi) is 1.75. The smallest absolute Gasteiger partial charge is 0.154 e. The van der Waals surface area contributed by atoms with E-state index in [4.69, 9.17) is 5.11 Å². The molecule has 0 aromatic rings. The van der Waals surface area contributed by atoms with Crippen molar-refractivity contribution in [3.8, 4) is 0 Å². The zero-order valence-electron chi connectivity index (χ0n) is 4.69. The third-order valence-electron chi connectivity index (χ3n) is 1.29. The molecule has 9 heavy (non-hydrogen) atoms. The van der Waals surface area contributed by atoms with Crippen LogP contribution >= 0.6 is 12.6 Å². The molecule has 1 aliphatic heterocycles. The average Bonchev–Trinajstić information content (AvgIpc) is 1.79. The van der Waals surface area contributed by atoms with Crippen LogP contribution in [0.15, 0.2) is 0 Å². The molecule has 1 fully saturated rings. The first kappa shape index (κ1) is 7.37. The van der Waals surface area contributed by atoms with Crippen LogP contribution in [0.3, 0.4) is 0 Å². The Hall–Kier alpha value is 0.260. The van der Waals surface area contributed by atoms with Crippen LogP contribution in [0.25, 0.3) is 0 Å². The van der Waals surface area contributed by atoms with Crippen LogP contribution in [0.5, 0.6) is 0 Å². The molecule has 3 nitrogen and oxygen atoms in total. The minimum absolute atomic E-state index is 0.0112. The number of aliphatic hydroxyl groups is 1. The molecular weight excluding hydrogens is 160 g/mol. The van der Waals surface area contributed by atoms with Gasteiger partial charge in [0.15, 0.2) is 9.84 Å². The third kappa shape index (κ3) is 1.59. The van der Waals surface area contributed by atoms with E-state index in [-0.39, 0.29) is 16.8 Å². The van der Waals surface area contributed by atoms with Gasteiger partial charge in [-0.25, -0.2) is 8.42 Å². The molecule has 1 aliphatic rings. The molecule has 0 aromatic carbocycles. The Balaban J connectivity index is 2.77. The molecule has 0 amide bonds. The van der Waals surface area contributed by atoms with Gasteiger partial charge in [0.05, 0.1) is 17.6 Å². The number of rotatable bonds is 0. The van der Waals surface area contributed by atoms with Gasteiger partial charge in [-0.2, -0.15) is 12.6 Å². The fourth-order valence-electron chi connectivity index (χ4n) is 0.811. The van der Waals surface area contributed by atoms with Gasteiger partial charge in [-0.05, 0) is 0 Å². The van der Waals surface area contributed by atoms with E-state index in [1.54, 1.807) is 0 Å². The highest BCUT2D eigenvalue weighted by Gasteiger charge is 2.33. The molecule has 0 aliphatic carbocycles. The fourth-order valence-corrected chi connectivity index (χ4v) is 3.37. The van der Waals surface area contributed by atoms with Crippen molar-refractivity contribution in [3.05, 3.63) is 0 Å². The summed E-state index contributed by atoms with van der Waals surface area (Å²) in [5.41, 5.74) is 0. The minimum atomic E-state index is -2.97. The molecule has 2 unspecified atom stereocenters. The zero-order chi connectivity index (χ0) is 7.07. The molecule has 1 saturated heterocycles. The highest BCUT2D eigenvalue weighted by atomic mass is 32.2. The van der Waals surface area contributed by atoms with Crippen molar-refractivity contribution in [3.63, 3.8) is 0 Å². The van der Waals surface area contributed by atoms with E-state index in [2.05, 4.69) is 12.6 Å². The van der Waals surface area contributed by atoms with Crippen LogP contribution in [0.1, 0.15) is 0 Å². The SMILES string of the molecule is O=S1(=O)CC(O)C(S)C1. The lowest BCUT2D eigenvalue weighted by molar-refractivity contribution is 0.208. The summed E-state index contributed by atoms with van der Waals surface area (Å²) in [5, 5.41) is 8.50. The van der Waals surface area contributed by atoms with Crippen LogP contribution in [0, 0.1) is 0 Å². The summed E-state index contributed by atoms with van der Waals surface area (Å²) >= 11 is 3.87. The van der Waals surface area contributed by atoms with E-state index in [0.29, 0.717) is 0 Å². The van der Waals surface area contributed by atoms with Gasteiger partial charge in [0.2, 0.25) is 0 Å². The fraction of sp³-hybridized carbons (Fsp3) is 1.00. The zero-order valence-corrected chi connectivity index (χ0v) is 6.40. The second kappa shape index (κ2) is 2.14. The Morgan fingerprint density at radius 3 is 2.11 bits per heavy atom. The summed E-state index contributed by atoms with van der Waals surface area (Å²) in [5.74, 6) is -0.113. The average molecular weight is 168 g/mol. The van der Waals surface area contributed by atoms with Crippen LogP contribution in [-0.4, -0.2) is 36.4 Å². The lowest BCUT2D eigenvalue weighted by Gasteiger charge is -2.00. The van der Waals surface area contributed by atoms with Gasteiger partial charge in [0, 0.05) is 5.25 Å². The van der Waals surface area contributed by atoms with Gasteiger partial charge < -0.3 is 5.11 Å². The van der Waals surface area contributed by atoms with Gasteiger partial charge in [0.1, 0.15) is 0 Å². The first-order chi connectivity index (χ1) is 4.01. The standard InChI is InChI=1S/C4H8O3S2/c5-3-1-9(6,7)2-4(3)8/h3-5,8H,1-2H2. The normalized spacial score (nSPS) is 41.1. The van der Waals surface area contributed by atoms with Gasteiger partial charge in [-0.15, -0.1) is 0 Å². The van der Waals surface area contributed by atoms with Crippen molar-refractivity contribution in [1.29, 1.82) is 0 Å². The quantitative estimate of drug-likeness (QED) is 0.460. The lowest BCUT2D eigenvalue weighted by Crippen LogP contribution is -2.16. The molecule has 1 N–H and O–H groups in total. The minimum Gasteiger partial charge on any atom is -0.391 e. The van der Waals surface area contributed by atoms with E-state index in [1.165, 1.54) is 0 Å². The summed E-state index contributed by atoms with van der Waals surface area (Å²) < 4.78 is 21.3. The maximum absolute atomic E-state index is 10.6. The number of hydrogen-bond donors (Lipinski definition) is 2. The molecule has 0 saturated carbocycles. The first-order valence-corrected chi connectivity index (χ1v) is 4.91. The molecule has 1 rings (SSSR count). The monoisotopic (exact) mass is 168 g/mol. The van der Waals surface area contributed by atoms with E-state index in [0.717, 1.165) is 0 Å². The Morgan fingerprint density at radius 1 is 1.44 bits per heavy atom. The molecule has 0 spiro atoms. The van der Waals surface area contributed by atoms with Crippen molar-refractivity contribution in [2.45, 2.75) is 11.4 Å². The molecule has 54 valence electrons. The largest absolute Gasteiger partial charge is 0.391 e. The maximum atomic E-state index is 10.6. The Bertz CT molecular complexity index is 180. The van der Waals surface area contributed by atoms with Crippen molar-refractivity contribution >= 4 is 22.5 Å². The highest BCUT2D eigenvalue weighted by Crippen LogP contribution is 2.16. The lowest BCUT2D eigenvalue weighted by atomic mass is 10.3. The van der Waals surface area contributed by atoms with Crippen LogP contribution in [-0.2, 0) is 9.84 Å². The Labute approximate surface area is 59.4 Å². The van der Waals surface area contributed by atoms with Crippen LogP contribution in [0.2, 0.25) is 0 Å². The van der Waals surface area contributed by atoms with Gasteiger partial charge >= 0.3 is 0 Å². The summed E-state index contributed by atoms with van der Waals surface area (Å²) in [4.78, 5) is 0. The molecule has 0 aromatic heterocycles. The van der Waals surface area contributed by atoms with E-state index >= 15 is 0 Å². The summed E-state index contributed by atoms with van der Waals surface area (Å²) in [6, 6.07) is 0. The predicted molar refractivity (Wildman–Crippen MR) is 37.4 cm³/mol. The Morgan fingerprint density at radius 2 is 2.00 bits per heavy atom. The summed E-state index contributed by atoms with van der Waals surface area (Å²) in [6.07, 6.45) is -0.765. The third-order valence-corrected chi connectivity index (χ3v) is 3.78. The van der Waals surface area contributed by atoms with E-state index in [1.807, 2.05) is 0 Å². The maximum Gasteiger partial charge on any atom is 0.154 e. The van der Waals surface area contributed by atoms with Gasteiger partial charge in [-0.1, -0.05) is 0 Å².